The summed E-state index contributed by atoms with van der Waals surface area (Å²) < 4.78 is 32.9. The molecule has 0 aliphatic carbocycles. The molecular weight excluding hydrogens is 380 g/mol. The van der Waals surface area contributed by atoms with E-state index >= 15 is 0 Å². The van der Waals surface area contributed by atoms with Crippen molar-refractivity contribution in [2.45, 2.75) is 19.6 Å². The van der Waals surface area contributed by atoms with Crippen molar-refractivity contribution in [2.75, 3.05) is 66.1 Å². The fourth-order valence-electron chi connectivity index (χ4n) is 2.03. The lowest BCUT2D eigenvalue weighted by Crippen LogP contribution is -2.27. The summed E-state index contributed by atoms with van der Waals surface area (Å²) in [5, 5.41) is 0. The Morgan fingerprint density at radius 3 is 1.54 bits per heavy atom. The predicted molar refractivity (Wildman–Crippen MR) is 110 cm³/mol. The molecule has 0 fully saturated rings. The van der Waals surface area contributed by atoms with E-state index in [1.807, 2.05) is 0 Å². The van der Waals surface area contributed by atoms with Crippen LogP contribution in [0.2, 0.25) is 19.6 Å². The van der Waals surface area contributed by atoms with Gasteiger partial charge in [-0.05, 0) is 43.9 Å². The fraction of sp³-hybridized carbons (Fsp3) is 0.650. The van der Waals surface area contributed by atoms with Crippen molar-refractivity contribution in [3.05, 3.63) is 29.8 Å². The molecule has 0 saturated heterocycles. The second-order valence-corrected chi connectivity index (χ2v) is 11.5. The van der Waals surface area contributed by atoms with E-state index in [0.29, 0.717) is 71.6 Å². The molecule has 0 aliphatic heterocycles. The van der Waals surface area contributed by atoms with Crippen molar-refractivity contribution >= 4 is 14.6 Å². The Labute approximate surface area is 169 Å². The van der Waals surface area contributed by atoms with Crippen LogP contribution >= 0.6 is 0 Å². The lowest BCUT2D eigenvalue weighted by Gasteiger charge is -2.16. The lowest BCUT2D eigenvalue weighted by molar-refractivity contribution is -0.00720. The van der Waals surface area contributed by atoms with Gasteiger partial charge in [-0.15, -0.1) is 0 Å². The maximum Gasteiger partial charge on any atom is 0.183 e. The third-order valence-electron chi connectivity index (χ3n) is 3.39. The highest BCUT2D eigenvalue weighted by molar-refractivity contribution is 6.69. The van der Waals surface area contributed by atoms with Crippen molar-refractivity contribution in [1.29, 1.82) is 0 Å². The molecule has 0 radical (unpaired) electrons. The third-order valence-corrected chi connectivity index (χ3v) is 4.46. The van der Waals surface area contributed by atoms with Crippen LogP contribution in [0.3, 0.4) is 0 Å². The van der Waals surface area contributed by atoms with E-state index in [4.69, 9.17) is 28.1 Å². The first-order chi connectivity index (χ1) is 13.5. The highest BCUT2D eigenvalue weighted by atomic mass is 28.4. The molecule has 0 atom stereocenters. The largest absolute Gasteiger partial charge is 0.491 e. The molecule has 1 aromatic carbocycles. The van der Waals surface area contributed by atoms with E-state index in [1.54, 1.807) is 24.3 Å². The number of hydrogen-bond donors (Lipinski definition) is 0. The van der Waals surface area contributed by atoms with Gasteiger partial charge in [-0.25, -0.2) is 0 Å². The van der Waals surface area contributed by atoms with Gasteiger partial charge in [0.25, 0.3) is 0 Å². The van der Waals surface area contributed by atoms with E-state index in [0.717, 1.165) is 12.0 Å². The lowest BCUT2D eigenvalue weighted by atomic mass is 10.2. The maximum absolute atomic E-state index is 10.6. The van der Waals surface area contributed by atoms with Gasteiger partial charge in [0, 0.05) is 5.56 Å². The summed E-state index contributed by atoms with van der Waals surface area (Å²) in [6, 6.07) is 6.96. The zero-order valence-electron chi connectivity index (χ0n) is 17.3. The molecule has 160 valence electrons. The Kier molecular flexibility index (Phi) is 13.8. The maximum atomic E-state index is 10.6. The van der Waals surface area contributed by atoms with E-state index < -0.39 is 8.32 Å². The Hall–Kier alpha value is -1.29. The van der Waals surface area contributed by atoms with Gasteiger partial charge in [0.15, 0.2) is 8.32 Å². The standard InChI is InChI=1S/C20H34O7Si/c1-28(2,3)27-17-15-25-13-11-23-9-8-22-10-12-24-14-16-26-20-6-4-19(18-21)5-7-20/h4-7,18H,8-17H2,1-3H3. The highest BCUT2D eigenvalue weighted by Crippen LogP contribution is 2.10. The molecule has 28 heavy (non-hydrogen) atoms. The van der Waals surface area contributed by atoms with Crippen molar-refractivity contribution in [2.24, 2.45) is 0 Å². The van der Waals surface area contributed by atoms with Crippen LogP contribution in [0, 0.1) is 0 Å². The van der Waals surface area contributed by atoms with Gasteiger partial charge in [-0.1, -0.05) is 0 Å². The molecular formula is C20H34O7Si. The first-order valence-corrected chi connectivity index (χ1v) is 13.0. The molecule has 0 aliphatic rings. The molecule has 0 aromatic heterocycles. The Bertz CT molecular complexity index is 502. The highest BCUT2D eigenvalue weighted by Gasteiger charge is 2.12. The summed E-state index contributed by atoms with van der Waals surface area (Å²) >= 11 is 0. The molecule has 7 nitrogen and oxygen atoms in total. The number of aldehydes is 1. The first-order valence-electron chi connectivity index (χ1n) is 9.64. The second-order valence-electron chi connectivity index (χ2n) is 6.95. The summed E-state index contributed by atoms with van der Waals surface area (Å²) in [6.07, 6.45) is 0.803. The monoisotopic (exact) mass is 414 g/mol. The Balaban J connectivity index is 1.77. The molecule has 0 amide bonds. The van der Waals surface area contributed by atoms with Crippen molar-refractivity contribution in [3.63, 3.8) is 0 Å². The van der Waals surface area contributed by atoms with Crippen LogP contribution < -0.4 is 4.74 Å². The molecule has 0 bridgehead atoms. The number of ether oxygens (including phenoxy) is 5. The van der Waals surface area contributed by atoms with E-state index in [9.17, 15) is 4.79 Å². The van der Waals surface area contributed by atoms with Crippen LogP contribution in [0.4, 0.5) is 0 Å². The minimum absolute atomic E-state index is 0.451. The zero-order chi connectivity index (χ0) is 20.5. The average molecular weight is 415 g/mol. The van der Waals surface area contributed by atoms with Crippen LogP contribution in [-0.2, 0) is 23.4 Å². The Morgan fingerprint density at radius 1 is 0.679 bits per heavy atom. The van der Waals surface area contributed by atoms with E-state index in [-0.39, 0.29) is 0 Å². The normalized spacial score (nSPS) is 11.5. The zero-order valence-corrected chi connectivity index (χ0v) is 18.3. The molecule has 1 aromatic rings. The minimum Gasteiger partial charge on any atom is -0.491 e. The van der Waals surface area contributed by atoms with Gasteiger partial charge in [-0.3, -0.25) is 4.79 Å². The van der Waals surface area contributed by atoms with Gasteiger partial charge in [0.2, 0.25) is 0 Å². The van der Waals surface area contributed by atoms with Crippen molar-refractivity contribution in [1.82, 2.24) is 0 Å². The van der Waals surface area contributed by atoms with Gasteiger partial charge >= 0.3 is 0 Å². The van der Waals surface area contributed by atoms with Gasteiger partial charge in [-0.2, -0.15) is 0 Å². The number of carbonyl (C=O) groups is 1. The molecule has 0 saturated carbocycles. The van der Waals surface area contributed by atoms with Crippen LogP contribution in [0.25, 0.3) is 0 Å². The second kappa shape index (κ2) is 15.6. The molecule has 8 heteroatoms. The number of carbonyl (C=O) groups excluding carboxylic acids is 1. The van der Waals surface area contributed by atoms with Crippen LogP contribution in [0.15, 0.2) is 24.3 Å². The topological polar surface area (TPSA) is 72.5 Å². The van der Waals surface area contributed by atoms with Gasteiger partial charge in [0.1, 0.15) is 18.6 Å². The summed E-state index contributed by atoms with van der Waals surface area (Å²) in [6.45, 7) is 11.9. The first kappa shape index (κ1) is 24.7. The minimum atomic E-state index is -1.44. The van der Waals surface area contributed by atoms with Crippen LogP contribution in [-0.4, -0.2) is 80.7 Å². The molecule has 1 rings (SSSR count). The van der Waals surface area contributed by atoms with Crippen LogP contribution in [0.5, 0.6) is 5.75 Å². The average Bonchev–Trinajstić information content (AvgIpc) is 2.67. The number of benzene rings is 1. The van der Waals surface area contributed by atoms with Crippen molar-refractivity contribution in [3.8, 4) is 5.75 Å². The quantitative estimate of drug-likeness (QED) is 0.208. The summed E-state index contributed by atoms with van der Waals surface area (Å²) in [5.41, 5.74) is 0.629. The molecule has 0 unspecified atom stereocenters. The number of rotatable bonds is 18. The van der Waals surface area contributed by atoms with Crippen molar-refractivity contribution < 1.29 is 32.9 Å². The van der Waals surface area contributed by atoms with Gasteiger partial charge in [0.05, 0.1) is 59.5 Å². The molecule has 0 heterocycles. The molecule has 0 N–H and O–H groups in total. The predicted octanol–water partition coefficient (Wildman–Crippen LogP) is 2.80. The van der Waals surface area contributed by atoms with Crippen LogP contribution in [0.1, 0.15) is 10.4 Å². The number of hydrogen-bond acceptors (Lipinski definition) is 7. The molecule has 0 spiro atoms. The Morgan fingerprint density at radius 2 is 1.11 bits per heavy atom. The summed E-state index contributed by atoms with van der Waals surface area (Å²) in [5.74, 6) is 0.718. The summed E-state index contributed by atoms with van der Waals surface area (Å²) in [7, 11) is -1.44. The third kappa shape index (κ3) is 14.7. The van der Waals surface area contributed by atoms with E-state index in [1.165, 1.54) is 0 Å². The summed E-state index contributed by atoms with van der Waals surface area (Å²) in [4.78, 5) is 10.6. The fourth-order valence-corrected chi connectivity index (χ4v) is 2.73. The smallest absolute Gasteiger partial charge is 0.183 e. The SMILES string of the molecule is C[Si](C)(C)OCCOCCOCCOCCOCCOc1ccc(C=O)cc1. The van der Waals surface area contributed by atoms with E-state index in [2.05, 4.69) is 19.6 Å². The van der Waals surface area contributed by atoms with Gasteiger partial charge < -0.3 is 28.1 Å².